The van der Waals surface area contributed by atoms with Crippen LogP contribution in [0.15, 0.2) is 36.5 Å². The molecule has 2 heterocycles. The van der Waals surface area contributed by atoms with E-state index in [1.54, 1.807) is 0 Å². The number of hydrogen-bond donors (Lipinski definition) is 1. The molecule has 88 valence electrons. The Morgan fingerprint density at radius 3 is 2.94 bits per heavy atom. The van der Waals surface area contributed by atoms with Crippen molar-refractivity contribution in [2.45, 2.75) is 25.4 Å². The average molecular weight is 228 g/mol. The van der Waals surface area contributed by atoms with Crippen molar-refractivity contribution in [3.8, 4) is 11.3 Å². The van der Waals surface area contributed by atoms with Gasteiger partial charge in [0.1, 0.15) is 5.69 Å². The maximum atomic E-state index is 4.21. The van der Waals surface area contributed by atoms with Gasteiger partial charge in [0.25, 0.3) is 0 Å². The number of aromatic nitrogens is 3. The summed E-state index contributed by atoms with van der Waals surface area (Å²) in [5.41, 5.74) is 2.07. The Morgan fingerprint density at radius 2 is 2.18 bits per heavy atom. The lowest BCUT2D eigenvalue weighted by Gasteiger charge is -2.08. The second-order valence-corrected chi connectivity index (χ2v) is 4.49. The zero-order valence-electron chi connectivity index (χ0n) is 9.71. The van der Waals surface area contributed by atoms with E-state index < -0.39 is 0 Å². The van der Waals surface area contributed by atoms with Crippen LogP contribution in [0.1, 0.15) is 12.8 Å². The van der Waals surface area contributed by atoms with Gasteiger partial charge in [0.2, 0.25) is 0 Å². The van der Waals surface area contributed by atoms with Crippen LogP contribution < -0.4 is 5.32 Å². The first-order valence-corrected chi connectivity index (χ1v) is 6.11. The van der Waals surface area contributed by atoms with Crippen LogP contribution in [-0.2, 0) is 6.54 Å². The van der Waals surface area contributed by atoms with Gasteiger partial charge in [-0.25, -0.2) is 0 Å². The molecule has 3 rings (SSSR count). The smallest absolute Gasteiger partial charge is 0.113 e. The molecule has 0 spiro atoms. The monoisotopic (exact) mass is 228 g/mol. The van der Waals surface area contributed by atoms with E-state index in [4.69, 9.17) is 0 Å². The SMILES string of the molecule is c1ccc(-c2cn(CC3CCCN3)nn2)cc1. The minimum atomic E-state index is 0.556. The molecule has 0 bridgehead atoms. The first-order valence-electron chi connectivity index (χ1n) is 6.11. The molecule has 4 nitrogen and oxygen atoms in total. The summed E-state index contributed by atoms with van der Waals surface area (Å²) >= 11 is 0. The van der Waals surface area contributed by atoms with E-state index >= 15 is 0 Å². The highest BCUT2D eigenvalue weighted by molar-refractivity contribution is 5.57. The first kappa shape index (κ1) is 10.5. The molecule has 0 amide bonds. The summed E-state index contributed by atoms with van der Waals surface area (Å²) < 4.78 is 1.94. The summed E-state index contributed by atoms with van der Waals surface area (Å²) in [5, 5.41) is 11.9. The molecule has 1 unspecified atom stereocenters. The zero-order valence-corrected chi connectivity index (χ0v) is 9.71. The van der Waals surface area contributed by atoms with Gasteiger partial charge in [-0.15, -0.1) is 5.10 Å². The second kappa shape index (κ2) is 4.67. The highest BCUT2D eigenvalue weighted by Gasteiger charge is 2.15. The molecule has 1 N–H and O–H groups in total. The molecular formula is C13H16N4. The van der Waals surface area contributed by atoms with Gasteiger partial charge in [-0.1, -0.05) is 35.5 Å². The largest absolute Gasteiger partial charge is 0.312 e. The van der Waals surface area contributed by atoms with Crippen molar-refractivity contribution in [3.63, 3.8) is 0 Å². The van der Waals surface area contributed by atoms with Gasteiger partial charge in [0, 0.05) is 11.6 Å². The number of rotatable bonds is 3. The summed E-state index contributed by atoms with van der Waals surface area (Å²) in [6.07, 6.45) is 4.53. The van der Waals surface area contributed by atoms with Crippen LogP contribution in [-0.4, -0.2) is 27.6 Å². The lowest BCUT2D eigenvalue weighted by Crippen LogP contribution is -2.26. The molecule has 1 aromatic heterocycles. The third-order valence-electron chi connectivity index (χ3n) is 3.18. The van der Waals surface area contributed by atoms with Crippen LogP contribution >= 0.6 is 0 Å². The van der Waals surface area contributed by atoms with E-state index in [1.807, 2.05) is 29.1 Å². The van der Waals surface area contributed by atoms with E-state index in [2.05, 4.69) is 27.8 Å². The van der Waals surface area contributed by atoms with Gasteiger partial charge in [-0.2, -0.15) is 0 Å². The fourth-order valence-electron chi connectivity index (χ4n) is 2.27. The Hall–Kier alpha value is -1.68. The van der Waals surface area contributed by atoms with Crippen molar-refractivity contribution < 1.29 is 0 Å². The normalized spacial score (nSPS) is 19.6. The molecule has 0 aliphatic carbocycles. The molecule has 2 aromatic rings. The number of hydrogen-bond acceptors (Lipinski definition) is 3. The van der Waals surface area contributed by atoms with E-state index in [1.165, 1.54) is 12.8 Å². The van der Waals surface area contributed by atoms with E-state index in [0.29, 0.717) is 6.04 Å². The third-order valence-corrected chi connectivity index (χ3v) is 3.18. The predicted octanol–water partition coefficient (Wildman–Crippen LogP) is 1.70. The molecule has 17 heavy (non-hydrogen) atoms. The van der Waals surface area contributed by atoms with Crippen LogP contribution in [0, 0.1) is 0 Å². The molecule has 1 aliphatic rings. The lowest BCUT2D eigenvalue weighted by atomic mass is 10.2. The molecule has 1 aromatic carbocycles. The Morgan fingerprint density at radius 1 is 1.29 bits per heavy atom. The average Bonchev–Trinajstić information content (AvgIpc) is 3.02. The van der Waals surface area contributed by atoms with Gasteiger partial charge in [-0.3, -0.25) is 4.68 Å². The van der Waals surface area contributed by atoms with Gasteiger partial charge in [0.15, 0.2) is 0 Å². The van der Waals surface area contributed by atoms with Crippen molar-refractivity contribution in [2.75, 3.05) is 6.54 Å². The zero-order chi connectivity index (χ0) is 11.5. The Labute approximate surface area is 101 Å². The van der Waals surface area contributed by atoms with Gasteiger partial charge >= 0.3 is 0 Å². The van der Waals surface area contributed by atoms with Crippen LogP contribution in [0.5, 0.6) is 0 Å². The summed E-state index contributed by atoms with van der Waals surface area (Å²) in [5.74, 6) is 0. The molecule has 1 atom stereocenters. The van der Waals surface area contributed by atoms with Crippen molar-refractivity contribution >= 4 is 0 Å². The lowest BCUT2D eigenvalue weighted by molar-refractivity contribution is 0.466. The van der Waals surface area contributed by atoms with Crippen molar-refractivity contribution in [1.82, 2.24) is 20.3 Å². The van der Waals surface area contributed by atoms with Gasteiger partial charge < -0.3 is 5.32 Å². The van der Waals surface area contributed by atoms with E-state index in [9.17, 15) is 0 Å². The highest BCUT2D eigenvalue weighted by atomic mass is 15.4. The maximum Gasteiger partial charge on any atom is 0.113 e. The molecule has 0 saturated carbocycles. The van der Waals surface area contributed by atoms with Crippen LogP contribution in [0.4, 0.5) is 0 Å². The summed E-state index contributed by atoms with van der Waals surface area (Å²) in [6, 6.07) is 10.7. The minimum Gasteiger partial charge on any atom is -0.312 e. The van der Waals surface area contributed by atoms with Crippen LogP contribution in [0.2, 0.25) is 0 Å². The highest BCUT2D eigenvalue weighted by Crippen LogP contribution is 2.15. The number of nitrogens with zero attached hydrogens (tertiary/aromatic N) is 3. The fraction of sp³-hybridized carbons (Fsp3) is 0.385. The summed E-state index contributed by atoms with van der Waals surface area (Å²) in [7, 11) is 0. The van der Waals surface area contributed by atoms with Gasteiger partial charge in [-0.05, 0) is 19.4 Å². The van der Waals surface area contributed by atoms with Crippen molar-refractivity contribution in [2.24, 2.45) is 0 Å². The third kappa shape index (κ3) is 2.36. The molecule has 4 heteroatoms. The van der Waals surface area contributed by atoms with Crippen molar-refractivity contribution in [3.05, 3.63) is 36.5 Å². The summed E-state index contributed by atoms with van der Waals surface area (Å²) in [4.78, 5) is 0. The maximum absolute atomic E-state index is 4.21. The Bertz CT molecular complexity index is 471. The molecule has 1 aliphatic heterocycles. The molecule has 1 fully saturated rings. The fourth-order valence-corrected chi connectivity index (χ4v) is 2.27. The predicted molar refractivity (Wildman–Crippen MR) is 66.5 cm³/mol. The first-order chi connectivity index (χ1) is 8.42. The van der Waals surface area contributed by atoms with Crippen molar-refractivity contribution in [1.29, 1.82) is 0 Å². The van der Waals surface area contributed by atoms with Crippen LogP contribution in [0.3, 0.4) is 0 Å². The quantitative estimate of drug-likeness (QED) is 0.869. The molecule has 1 saturated heterocycles. The number of nitrogens with one attached hydrogen (secondary N) is 1. The van der Waals surface area contributed by atoms with Crippen LogP contribution in [0.25, 0.3) is 11.3 Å². The van der Waals surface area contributed by atoms with E-state index in [-0.39, 0.29) is 0 Å². The standard InChI is InChI=1S/C13H16N4/c1-2-5-11(6-3-1)13-10-17(16-15-13)9-12-7-4-8-14-12/h1-3,5-6,10,12,14H,4,7-9H2. The van der Waals surface area contributed by atoms with Gasteiger partial charge in [0.05, 0.1) is 12.7 Å². The number of benzene rings is 1. The summed E-state index contributed by atoms with van der Waals surface area (Å²) in [6.45, 7) is 2.05. The molecule has 0 radical (unpaired) electrons. The second-order valence-electron chi connectivity index (χ2n) is 4.49. The topological polar surface area (TPSA) is 42.7 Å². The Balaban J connectivity index is 1.74. The molecular weight excluding hydrogens is 212 g/mol. The minimum absolute atomic E-state index is 0.556. The Kier molecular flexibility index (Phi) is 2.88. The van der Waals surface area contributed by atoms with E-state index in [0.717, 1.165) is 24.3 Å².